The minimum atomic E-state index is 0. The Hall–Kier alpha value is -1.47. The van der Waals surface area contributed by atoms with Gasteiger partial charge in [0.1, 0.15) is 5.75 Å². The first-order chi connectivity index (χ1) is 9.78. The van der Waals surface area contributed by atoms with E-state index in [1.165, 1.54) is 30.4 Å². The van der Waals surface area contributed by atoms with Crippen LogP contribution in [0.3, 0.4) is 0 Å². The van der Waals surface area contributed by atoms with E-state index in [9.17, 15) is 0 Å². The zero-order valence-electron chi connectivity index (χ0n) is 12.9. The summed E-state index contributed by atoms with van der Waals surface area (Å²) in [6.07, 6.45) is 4.88. The van der Waals surface area contributed by atoms with E-state index >= 15 is 0 Å². The number of hydrogen-bond donors (Lipinski definition) is 0. The third-order valence-corrected chi connectivity index (χ3v) is 3.75. The average molecular weight is 305 g/mol. The molecular weight excluding hydrogens is 280 g/mol. The zero-order chi connectivity index (χ0) is 14.2. The van der Waals surface area contributed by atoms with Gasteiger partial charge in [-0.3, -0.25) is 0 Å². The molecule has 1 unspecified atom stereocenters. The molecule has 21 heavy (non-hydrogen) atoms. The van der Waals surface area contributed by atoms with E-state index in [-0.39, 0.29) is 12.4 Å². The Morgan fingerprint density at radius 3 is 2.19 bits per heavy atom. The van der Waals surface area contributed by atoms with Crippen molar-refractivity contribution in [2.75, 3.05) is 7.11 Å². The standard InChI is InChI=1S/C19H24O.ClH/c1-16(7-6-10-17-8-4-3-5-9-17)15-18-11-13-19(20-2)14-12-18;/h3-5,8-9,11-14,16H,6-7,10,15H2,1-2H3;1H. The van der Waals surface area contributed by atoms with Gasteiger partial charge in [-0.1, -0.05) is 55.8 Å². The van der Waals surface area contributed by atoms with Crippen molar-refractivity contribution in [3.63, 3.8) is 0 Å². The molecule has 0 spiro atoms. The number of rotatable bonds is 7. The van der Waals surface area contributed by atoms with Gasteiger partial charge in [-0.25, -0.2) is 0 Å². The van der Waals surface area contributed by atoms with E-state index in [0.717, 1.165) is 18.1 Å². The van der Waals surface area contributed by atoms with Crippen LogP contribution in [0.4, 0.5) is 0 Å². The van der Waals surface area contributed by atoms with Crippen molar-refractivity contribution in [2.24, 2.45) is 5.92 Å². The van der Waals surface area contributed by atoms with Crippen molar-refractivity contribution in [1.82, 2.24) is 0 Å². The summed E-state index contributed by atoms with van der Waals surface area (Å²) in [5, 5.41) is 0. The molecule has 114 valence electrons. The molecule has 2 aromatic carbocycles. The molecule has 0 aromatic heterocycles. The van der Waals surface area contributed by atoms with Gasteiger partial charge in [0, 0.05) is 0 Å². The molecule has 0 bridgehead atoms. The summed E-state index contributed by atoms with van der Waals surface area (Å²) in [5.74, 6) is 1.66. The normalized spacial score (nSPS) is 11.5. The molecule has 2 rings (SSSR count). The highest BCUT2D eigenvalue weighted by atomic mass is 35.5. The van der Waals surface area contributed by atoms with Gasteiger partial charge in [0.25, 0.3) is 0 Å². The predicted octanol–water partition coefficient (Wildman–Crippen LogP) is 5.32. The van der Waals surface area contributed by atoms with Gasteiger partial charge in [-0.2, -0.15) is 0 Å². The Labute approximate surface area is 134 Å². The molecule has 1 atom stereocenters. The molecule has 2 aromatic rings. The largest absolute Gasteiger partial charge is 0.497 e. The lowest BCUT2D eigenvalue weighted by Crippen LogP contribution is -2.01. The van der Waals surface area contributed by atoms with Gasteiger partial charge >= 0.3 is 0 Å². The average Bonchev–Trinajstić information content (AvgIpc) is 2.49. The molecule has 0 aliphatic carbocycles. The summed E-state index contributed by atoms with van der Waals surface area (Å²) in [6, 6.07) is 19.2. The Kier molecular flexibility index (Phi) is 7.92. The fourth-order valence-electron chi connectivity index (χ4n) is 2.57. The molecular formula is C19H25ClO. The summed E-state index contributed by atoms with van der Waals surface area (Å²) in [6.45, 7) is 2.34. The second-order valence-corrected chi connectivity index (χ2v) is 5.54. The van der Waals surface area contributed by atoms with E-state index in [1.54, 1.807) is 7.11 Å². The van der Waals surface area contributed by atoms with Crippen LogP contribution in [-0.2, 0) is 12.8 Å². The molecule has 0 saturated carbocycles. The van der Waals surface area contributed by atoms with Crippen LogP contribution < -0.4 is 4.74 Å². The van der Waals surface area contributed by atoms with Crippen LogP contribution in [-0.4, -0.2) is 7.11 Å². The lowest BCUT2D eigenvalue weighted by Gasteiger charge is -2.12. The van der Waals surface area contributed by atoms with Crippen molar-refractivity contribution >= 4 is 12.4 Å². The first-order valence-corrected chi connectivity index (χ1v) is 7.45. The predicted molar refractivity (Wildman–Crippen MR) is 92.5 cm³/mol. The maximum atomic E-state index is 5.19. The molecule has 1 nitrogen and oxygen atoms in total. The topological polar surface area (TPSA) is 9.23 Å². The molecule has 2 heteroatoms. The second-order valence-electron chi connectivity index (χ2n) is 5.54. The van der Waals surface area contributed by atoms with E-state index in [4.69, 9.17) is 4.74 Å². The van der Waals surface area contributed by atoms with Crippen LogP contribution in [0.5, 0.6) is 5.75 Å². The minimum absolute atomic E-state index is 0. The van der Waals surface area contributed by atoms with Gasteiger partial charge in [0.05, 0.1) is 7.11 Å². The third-order valence-electron chi connectivity index (χ3n) is 3.75. The van der Waals surface area contributed by atoms with Crippen LogP contribution in [0.2, 0.25) is 0 Å². The van der Waals surface area contributed by atoms with Crippen molar-refractivity contribution < 1.29 is 4.74 Å². The molecule has 0 aliphatic heterocycles. The Bertz CT molecular complexity index is 493. The quantitative estimate of drug-likeness (QED) is 0.673. The van der Waals surface area contributed by atoms with Gasteiger partial charge in [-0.15, -0.1) is 12.4 Å². The highest BCUT2D eigenvalue weighted by Gasteiger charge is 2.04. The number of hydrogen-bond acceptors (Lipinski definition) is 1. The lowest BCUT2D eigenvalue weighted by molar-refractivity contribution is 0.414. The van der Waals surface area contributed by atoms with E-state index in [2.05, 4.69) is 49.4 Å². The summed E-state index contributed by atoms with van der Waals surface area (Å²) in [4.78, 5) is 0. The summed E-state index contributed by atoms with van der Waals surface area (Å²) in [5.41, 5.74) is 2.85. The van der Waals surface area contributed by atoms with E-state index in [1.807, 2.05) is 12.1 Å². The molecule has 0 saturated heterocycles. The maximum absolute atomic E-state index is 5.19. The Morgan fingerprint density at radius 2 is 1.57 bits per heavy atom. The van der Waals surface area contributed by atoms with Gasteiger partial charge < -0.3 is 4.74 Å². The second kappa shape index (κ2) is 9.46. The molecule has 0 aliphatic rings. The van der Waals surface area contributed by atoms with Crippen LogP contribution in [0.1, 0.15) is 30.9 Å². The van der Waals surface area contributed by atoms with Gasteiger partial charge in [-0.05, 0) is 48.4 Å². The summed E-state index contributed by atoms with van der Waals surface area (Å²) >= 11 is 0. The fraction of sp³-hybridized carbons (Fsp3) is 0.368. The third kappa shape index (κ3) is 6.22. The van der Waals surface area contributed by atoms with Gasteiger partial charge in [0.2, 0.25) is 0 Å². The molecule has 0 radical (unpaired) electrons. The number of aryl methyl sites for hydroxylation is 1. The smallest absolute Gasteiger partial charge is 0.118 e. The number of halogens is 1. The maximum Gasteiger partial charge on any atom is 0.118 e. The summed E-state index contributed by atoms with van der Waals surface area (Å²) in [7, 11) is 1.71. The first kappa shape index (κ1) is 17.6. The highest BCUT2D eigenvalue weighted by Crippen LogP contribution is 2.18. The minimum Gasteiger partial charge on any atom is -0.497 e. The molecule has 0 fully saturated rings. The lowest BCUT2D eigenvalue weighted by atomic mass is 9.95. The molecule has 0 N–H and O–H groups in total. The highest BCUT2D eigenvalue weighted by molar-refractivity contribution is 5.85. The Morgan fingerprint density at radius 1 is 0.905 bits per heavy atom. The van der Waals surface area contributed by atoms with Crippen LogP contribution >= 0.6 is 12.4 Å². The molecule has 0 heterocycles. The first-order valence-electron chi connectivity index (χ1n) is 7.45. The number of methoxy groups -OCH3 is 1. The van der Waals surface area contributed by atoms with Crippen molar-refractivity contribution in [2.45, 2.75) is 32.6 Å². The van der Waals surface area contributed by atoms with Crippen LogP contribution in [0, 0.1) is 5.92 Å². The van der Waals surface area contributed by atoms with Crippen molar-refractivity contribution in [1.29, 1.82) is 0 Å². The monoisotopic (exact) mass is 304 g/mol. The zero-order valence-corrected chi connectivity index (χ0v) is 13.7. The number of ether oxygens (including phenoxy) is 1. The van der Waals surface area contributed by atoms with Crippen LogP contribution in [0.25, 0.3) is 0 Å². The summed E-state index contributed by atoms with van der Waals surface area (Å²) < 4.78 is 5.19. The van der Waals surface area contributed by atoms with E-state index in [0.29, 0.717) is 0 Å². The SMILES string of the molecule is COc1ccc(CC(C)CCCc2ccccc2)cc1.Cl. The molecule has 0 amide bonds. The van der Waals surface area contributed by atoms with Crippen molar-refractivity contribution in [3.8, 4) is 5.75 Å². The van der Waals surface area contributed by atoms with E-state index < -0.39 is 0 Å². The van der Waals surface area contributed by atoms with Crippen molar-refractivity contribution in [3.05, 3.63) is 65.7 Å². The fourth-order valence-corrected chi connectivity index (χ4v) is 2.57. The van der Waals surface area contributed by atoms with Gasteiger partial charge in [0.15, 0.2) is 0 Å². The number of benzene rings is 2. The Balaban J connectivity index is 0.00000220. The van der Waals surface area contributed by atoms with Crippen LogP contribution in [0.15, 0.2) is 54.6 Å².